The molecule has 3 aromatic rings. The number of hydrogen-bond acceptors (Lipinski definition) is 6. The zero-order valence-electron chi connectivity index (χ0n) is 20.6. The van der Waals surface area contributed by atoms with Crippen LogP contribution in [0.25, 0.3) is 10.2 Å². The summed E-state index contributed by atoms with van der Waals surface area (Å²) >= 11 is 1.70. The highest BCUT2D eigenvalue weighted by Crippen LogP contribution is 2.34. The highest BCUT2D eigenvalue weighted by atomic mass is 32.2. The van der Waals surface area contributed by atoms with Crippen molar-refractivity contribution in [3.63, 3.8) is 0 Å². The van der Waals surface area contributed by atoms with Crippen molar-refractivity contribution in [3.05, 3.63) is 53.8 Å². The second kappa shape index (κ2) is 10.1. The molecule has 1 amide bonds. The number of benzene rings is 2. The molecule has 0 atom stereocenters. The Hall–Kier alpha value is -2.56. The number of hydrogen-bond donors (Lipinski definition) is 0. The first-order chi connectivity index (χ1) is 17.2. The molecule has 2 aromatic carbocycles. The van der Waals surface area contributed by atoms with Gasteiger partial charge < -0.3 is 9.80 Å². The quantitative estimate of drug-likeness (QED) is 0.492. The molecule has 10 heteroatoms. The van der Waals surface area contributed by atoms with Crippen LogP contribution in [0.2, 0.25) is 0 Å². The number of amides is 1. The molecule has 0 unspecified atom stereocenters. The summed E-state index contributed by atoms with van der Waals surface area (Å²) in [6.45, 7) is 7.70. The lowest BCUT2D eigenvalue weighted by Gasteiger charge is -2.38. The molecule has 1 aromatic heterocycles. The maximum atomic E-state index is 13.2. The molecule has 2 fully saturated rings. The average molecular weight is 531 g/mol. The summed E-state index contributed by atoms with van der Waals surface area (Å²) in [6, 6.07) is 11.2. The fraction of sp³-hybridized carbons (Fsp3) is 0.462. The molecule has 2 saturated heterocycles. The van der Waals surface area contributed by atoms with Gasteiger partial charge in [-0.05, 0) is 54.7 Å². The van der Waals surface area contributed by atoms with E-state index in [-0.39, 0.29) is 16.7 Å². The molecule has 0 saturated carbocycles. The monoisotopic (exact) mass is 530 g/mol. The summed E-state index contributed by atoms with van der Waals surface area (Å²) in [7, 11) is -3.68. The number of piperazine rings is 1. The minimum Gasteiger partial charge on any atom is -0.345 e. The lowest BCUT2D eigenvalue weighted by Crippen LogP contribution is -2.52. The second-order valence-corrected chi connectivity index (χ2v) is 12.7. The van der Waals surface area contributed by atoms with Gasteiger partial charge in [-0.3, -0.25) is 4.79 Å². The number of aromatic nitrogens is 1. The van der Waals surface area contributed by atoms with Crippen molar-refractivity contribution in [2.45, 2.75) is 37.5 Å². The third-order valence-corrected chi connectivity index (χ3v) is 10.2. The third-order valence-electron chi connectivity index (χ3n) is 7.18. The minimum absolute atomic E-state index is 0.0835. The Bertz CT molecular complexity index is 1340. The molecule has 192 valence electrons. The third kappa shape index (κ3) is 4.86. The summed E-state index contributed by atoms with van der Waals surface area (Å²) in [5, 5.41) is 1.00. The number of piperidine rings is 1. The highest BCUT2D eigenvalue weighted by Gasteiger charge is 2.35. The fourth-order valence-corrected chi connectivity index (χ4v) is 7.56. The first kappa shape index (κ1) is 25.1. The van der Waals surface area contributed by atoms with Crippen LogP contribution in [0.1, 0.15) is 38.2 Å². The molecule has 0 spiro atoms. The van der Waals surface area contributed by atoms with E-state index in [1.807, 2.05) is 4.90 Å². The van der Waals surface area contributed by atoms with Crippen molar-refractivity contribution < 1.29 is 17.6 Å². The smallest absolute Gasteiger partial charge is 0.243 e. The molecule has 7 nitrogen and oxygen atoms in total. The van der Waals surface area contributed by atoms with Crippen LogP contribution in [0.15, 0.2) is 47.4 Å². The lowest BCUT2D eigenvalue weighted by atomic mass is 9.96. The standard InChI is InChI=1S/C26H31FN4O3S2/c1-18(2)22-4-3-5-23-24(22)28-26(35-23)30-16-14-29(15-17-30)25(32)19-10-12-31(13-11-19)36(33,34)21-8-6-20(27)7-9-21/h3-9,18-19H,10-17H2,1-2H3. The molecule has 2 aliphatic heterocycles. The van der Waals surface area contributed by atoms with Crippen molar-refractivity contribution in [2.24, 2.45) is 5.92 Å². The Labute approximate surface area is 215 Å². The molecule has 3 heterocycles. The van der Waals surface area contributed by atoms with E-state index in [9.17, 15) is 17.6 Å². The fourth-order valence-electron chi connectivity index (χ4n) is 5.03. The number of anilines is 1. The van der Waals surface area contributed by atoms with E-state index in [0.717, 1.165) is 35.9 Å². The number of rotatable bonds is 5. The summed E-state index contributed by atoms with van der Waals surface area (Å²) in [4.78, 5) is 22.4. The molecule has 0 N–H and O–H groups in total. The first-order valence-electron chi connectivity index (χ1n) is 12.4. The number of thiazole rings is 1. The van der Waals surface area contributed by atoms with Gasteiger partial charge in [0.1, 0.15) is 5.82 Å². The van der Waals surface area contributed by atoms with Gasteiger partial charge in [-0.15, -0.1) is 0 Å². The minimum atomic E-state index is -3.68. The van der Waals surface area contributed by atoms with Gasteiger partial charge in [0.15, 0.2) is 5.13 Å². The summed E-state index contributed by atoms with van der Waals surface area (Å²) in [5.74, 6) is -0.121. The van der Waals surface area contributed by atoms with E-state index >= 15 is 0 Å². The molecule has 0 radical (unpaired) electrons. The van der Waals surface area contributed by atoms with E-state index in [2.05, 4.69) is 36.9 Å². The Morgan fingerprint density at radius 3 is 2.31 bits per heavy atom. The van der Waals surface area contributed by atoms with Crippen LogP contribution in [0.5, 0.6) is 0 Å². The van der Waals surface area contributed by atoms with E-state index < -0.39 is 15.8 Å². The van der Waals surface area contributed by atoms with Gasteiger partial charge in [0.05, 0.1) is 15.1 Å². The number of nitrogens with zero attached hydrogens (tertiary/aromatic N) is 4. The Morgan fingerprint density at radius 1 is 1.00 bits per heavy atom. The maximum absolute atomic E-state index is 13.2. The van der Waals surface area contributed by atoms with Crippen molar-refractivity contribution in [2.75, 3.05) is 44.2 Å². The Morgan fingerprint density at radius 2 is 1.67 bits per heavy atom. The summed E-state index contributed by atoms with van der Waals surface area (Å²) < 4.78 is 41.5. The van der Waals surface area contributed by atoms with Crippen LogP contribution in [-0.4, -0.2) is 67.8 Å². The van der Waals surface area contributed by atoms with Crippen molar-refractivity contribution in [1.82, 2.24) is 14.2 Å². The normalized spacial score (nSPS) is 18.3. The van der Waals surface area contributed by atoms with Gasteiger partial charge in [-0.1, -0.05) is 37.3 Å². The predicted octanol–water partition coefficient (Wildman–Crippen LogP) is 4.31. The van der Waals surface area contributed by atoms with Gasteiger partial charge in [-0.2, -0.15) is 4.31 Å². The Balaban J connectivity index is 1.17. The van der Waals surface area contributed by atoms with Crippen LogP contribution in [-0.2, 0) is 14.8 Å². The van der Waals surface area contributed by atoms with Crippen molar-refractivity contribution in [1.29, 1.82) is 0 Å². The van der Waals surface area contributed by atoms with Gasteiger partial charge in [-0.25, -0.2) is 17.8 Å². The van der Waals surface area contributed by atoms with Crippen LogP contribution in [0.4, 0.5) is 9.52 Å². The largest absolute Gasteiger partial charge is 0.345 e. The van der Waals surface area contributed by atoms with E-state index in [0.29, 0.717) is 44.9 Å². The Kier molecular flexibility index (Phi) is 7.02. The number of para-hydroxylation sites is 1. The lowest BCUT2D eigenvalue weighted by molar-refractivity contribution is -0.137. The molecule has 0 bridgehead atoms. The summed E-state index contributed by atoms with van der Waals surface area (Å²) in [5.41, 5.74) is 2.34. The second-order valence-electron chi connectivity index (χ2n) is 9.79. The van der Waals surface area contributed by atoms with Gasteiger partial charge >= 0.3 is 0 Å². The van der Waals surface area contributed by atoms with Crippen LogP contribution in [0, 0.1) is 11.7 Å². The molecular weight excluding hydrogens is 499 g/mol. The van der Waals surface area contributed by atoms with Crippen molar-refractivity contribution in [3.8, 4) is 0 Å². The predicted molar refractivity (Wildman–Crippen MR) is 140 cm³/mol. The van der Waals surface area contributed by atoms with Crippen LogP contribution in [0.3, 0.4) is 0 Å². The van der Waals surface area contributed by atoms with E-state index in [1.54, 1.807) is 11.3 Å². The topological polar surface area (TPSA) is 73.8 Å². The number of sulfonamides is 1. The van der Waals surface area contributed by atoms with Crippen LogP contribution < -0.4 is 4.90 Å². The zero-order chi connectivity index (χ0) is 25.4. The van der Waals surface area contributed by atoms with Gasteiger partial charge in [0.2, 0.25) is 15.9 Å². The number of carbonyl (C=O) groups excluding carboxylic acids is 1. The number of halogens is 1. The SMILES string of the molecule is CC(C)c1cccc2sc(N3CCN(C(=O)C4CCN(S(=O)(=O)c5ccc(F)cc5)CC4)CC3)nc12. The molecular formula is C26H31FN4O3S2. The molecule has 5 rings (SSSR count). The van der Waals surface area contributed by atoms with Gasteiger partial charge in [0, 0.05) is 45.2 Å². The average Bonchev–Trinajstić information content (AvgIpc) is 3.33. The maximum Gasteiger partial charge on any atom is 0.243 e. The van der Waals surface area contributed by atoms with E-state index in [1.165, 1.54) is 26.7 Å². The van der Waals surface area contributed by atoms with Crippen LogP contribution >= 0.6 is 11.3 Å². The van der Waals surface area contributed by atoms with Gasteiger partial charge in [0.25, 0.3) is 0 Å². The highest BCUT2D eigenvalue weighted by molar-refractivity contribution is 7.89. The number of fused-ring (bicyclic) bond motifs is 1. The molecule has 36 heavy (non-hydrogen) atoms. The summed E-state index contributed by atoms with van der Waals surface area (Å²) in [6.07, 6.45) is 0.991. The zero-order valence-corrected chi connectivity index (χ0v) is 22.2. The first-order valence-corrected chi connectivity index (χ1v) is 14.7. The molecule has 0 aliphatic carbocycles. The number of carbonyl (C=O) groups is 1. The van der Waals surface area contributed by atoms with Crippen molar-refractivity contribution >= 4 is 42.6 Å². The molecule has 2 aliphatic rings. The van der Waals surface area contributed by atoms with E-state index in [4.69, 9.17) is 4.98 Å².